The van der Waals surface area contributed by atoms with E-state index in [1.807, 2.05) is 32.9 Å². The zero-order chi connectivity index (χ0) is 15.5. The van der Waals surface area contributed by atoms with E-state index in [-0.39, 0.29) is 12.1 Å². The van der Waals surface area contributed by atoms with Crippen LogP contribution in [-0.2, 0) is 10.3 Å². The number of carbonyl (C=O) groups excluding carboxylic acids is 1. The first-order valence-corrected chi connectivity index (χ1v) is 7.41. The summed E-state index contributed by atoms with van der Waals surface area (Å²) >= 11 is 0. The van der Waals surface area contributed by atoms with Crippen LogP contribution in [0.1, 0.15) is 52.0 Å². The van der Waals surface area contributed by atoms with Crippen LogP contribution >= 0.6 is 0 Å². The first-order valence-electron chi connectivity index (χ1n) is 7.41. The van der Waals surface area contributed by atoms with E-state index in [9.17, 15) is 9.90 Å². The Kier molecular flexibility index (Phi) is 4.52. The fourth-order valence-electron chi connectivity index (χ4n) is 2.64. The van der Waals surface area contributed by atoms with E-state index in [4.69, 9.17) is 4.74 Å². The van der Waals surface area contributed by atoms with Gasteiger partial charge in [0.25, 0.3) is 0 Å². The summed E-state index contributed by atoms with van der Waals surface area (Å²) < 4.78 is 5.25. The summed E-state index contributed by atoms with van der Waals surface area (Å²) in [5, 5.41) is 13.6. The Morgan fingerprint density at radius 2 is 2.10 bits per heavy atom. The van der Waals surface area contributed by atoms with Crippen LogP contribution in [0.4, 0.5) is 4.79 Å². The van der Waals surface area contributed by atoms with E-state index in [0.29, 0.717) is 12.8 Å². The highest BCUT2D eigenvalue weighted by Crippen LogP contribution is 2.36. The molecule has 0 bridgehead atoms. The van der Waals surface area contributed by atoms with E-state index < -0.39 is 11.2 Å². The molecular formula is C16H24N2O3. The summed E-state index contributed by atoms with van der Waals surface area (Å²) in [6.45, 7) is 5.53. The maximum Gasteiger partial charge on any atom is 0.407 e. The molecular weight excluding hydrogens is 268 g/mol. The molecule has 0 aliphatic heterocycles. The van der Waals surface area contributed by atoms with Gasteiger partial charge in [-0.15, -0.1) is 0 Å². The number of ether oxygens (including phenoxy) is 1. The van der Waals surface area contributed by atoms with Crippen molar-refractivity contribution < 1.29 is 14.6 Å². The molecule has 0 atom stereocenters. The van der Waals surface area contributed by atoms with Gasteiger partial charge in [0.1, 0.15) is 5.60 Å². The summed E-state index contributed by atoms with van der Waals surface area (Å²) in [6, 6.07) is 3.78. The molecule has 21 heavy (non-hydrogen) atoms. The van der Waals surface area contributed by atoms with Crippen LogP contribution in [0, 0.1) is 0 Å². The first kappa shape index (κ1) is 15.8. The second-order valence-electron chi connectivity index (χ2n) is 6.69. The molecule has 1 amide bonds. The third-order valence-electron chi connectivity index (χ3n) is 3.73. The number of aromatic nitrogens is 1. The Balaban J connectivity index is 1.87. The Hall–Kier alpha value is -1.62. The zero-order valence-electron chi connectivity index (χ0n) is 12.9. The molecule has 0 radical (unpaired) electrons. The highest BCUT2D eigenvalue weighted by molar-refractivity contribution is 5.68. The summed E-state index contributed by atoms with van der Waals surface area (Å²) in [5.74, 6) is 0. The normalized spacial score (nSPS) is 26.2. The van der Waals surface area contributed by atoms with E-state index in [0.717, 1.165) is 18.4 Å². The SMILES string of the molecule is CC(C)(C)OC(=O)NC1CCC(O)(c2cccnc2)CC1. The van der Waals surface area contributed by atoms with Gasteiger partial charge in [0.2, 0.25) is 0 Å². The minimum Gasteiger partial charge on any atom is -0.444 e. The number of hydrogen-bond acceptors (Lipinski definition) is 4. The molecule has 1 saturated carbocycles. The fourth-order valence-corrected chi connectivity index (χ4v) is 2.64. The third-order valence-corrected chi connectivity index (χ3v) is 3.73. The Labute approximate surface area is 125 Å². The van der Waals surface area contributed by atoms with Gasteiger partial charge < -0.3 is 15.2 Å². The Morgan fingerprint density at radius 3 is 2.62 bits per heavy atom. The number of aliphatic hydroxyl groups is 1. The third kappa shape index (κ3) is 4.43. The van der Waals surface area contributed by atoms with Crippen molar-refractivity contribution in [2.75, 3.05) is 0 Å². The van der Waals surface area contributed by atoms with Gasteiger partial charge in [-0.3, -0.25) is 4.98 Å². The predicted molar refractivity (Wildman–Crippen MR) is 79.8 cm³/mol. The lowest BCUT2D eigenvalue weighted by Gasteiger charge is -2.36. The molecule has 2 rings (SSSR count). The lowest BCUT2D eigenvalue weighted by Crippen LogP contribution is -2.44. The number of hydrogen-bond donors (Lipinski definition) is 2. The molecule has 1 aromatic rings. The molecule has 0 unspecified atom stereocenters. The highest BCUT2D eigenvalue weighted by Gasteiger charge is 2.35. The van der Waals surface area contributed by atoms with Crippen LogP contribution in [0.25, 0.3) is 0 Å². The maximum absolute atomic E-state index is 11.8. The van der Waals surface area contributed by atoms with Crippen molar-refractivity contribution in [3.63, 3.8) is 0 Å². The topological polar surface area (TPSA) is 71.5 Å². The minimum absolute atomic E-state index is 0.0526. The van der Waals surface area contributed by atoms with Gasteiger partial charge in [0.15, 0.2) is 0 Å². The molecule has 1 aromatic heterocycles. The Bertz CT molecular complexity index is 474. The van der Waals surface area contributed by atoms with Crippen molar-refractivity contribution in [3.8, 4) is 0 Å². The summed E-state index contributed by atoms with van der Waals surface area (Å²) in [5.41, 5.74) is -0.476. The molecule has 0 spiro atoms. The summed E-state index contributed by atoms with van der Waals surface area (Å²) in [7, 11) is 0. The maximum atomic E-state index is 11.8. The van der Waals surface area contributed by atoms with Crippen LogP contribution in [0.3, 0.4) is 0 Å². The second kappa shape index (κ2) is 6.02. The molecule has 1 aliphatic rings. The van der Waals surface area contributed by atoms with Gasteiger partial charge in [-0.1, -0.05) is 6.07 Å². The summed E-state index contributed by atoms with van der Waals surface area (Å²) in [4.78, 5) is 15.8. The molecule has 2 N–H and O–H groups in total. The lowest BCUT2D eigenvalue weighted by molar-refractivity contribution is -0.0110. The van der Waals surface area contributed by atoms with Gasteiger partial charge in [0, 0.05) is 24.0 Å². The van der Waals surface area contributed by atoms with Gasteiger partial charge in [-0.05, 0) is 52.5 Å². The predicted octanol–water partition coefficient (Wildman–Crippen LogP) is 2.74. The van der Waals surface area contributed by atoms with Crippen LogP contribution in [-0.4, -0.2) is 27.8 Å². The van der Waals surface area contributed by atoms with E-state index in [2.05, 4.69) is 10.3 Å². The number of carbonyl (C=O) groups is 1. The largest absolute Gasteiger partial charge is 0.444 e. The molecule has 1 aliphatic carbocycles. The average Bonchev–Trinajstić information content (AvgIpc) is 2.40. The number of alkyl carbamates (subject to hydrolysis) is 1. The molecule has 0 aromatic carbocycles. The monoisotopic (exact) mass is 292 g/mol. The standard InChI is InChI=1S/C16H24N2O3/c1-15(2,3)21-14(19)18-13-6-8-16(20,9-7-13)12-5-4-10-17-11-12/h4-5,10-11,13,20H,6-9H2,1-3H3,(H,18,19). The zero-order valence-corrected chi connectivity index (χ0v) is 12.9. The van der Waals surface area contributed by atoms with Crippen molar-refractivity contribution in [3.05, 3.63) is 30.1 Å². The van der Waals surface area contributed by atoms with Crippen molar-refractivity contribution in [1.82, 2.24) is 10.3 Å². The highest BCUT2D eigenvalue weighted by atomic mass is 16.6. The molecule has 5 heteroatoms. The van der Waals surface area contributed by atoms with Crippen molar-refractivity contribution in [1.29, 1.82) is 0 Å². The van der Waals surface area contributed by atoms with Gasteiger partial charge in [-0.25, -0.2) is 4.79 Å². The number of rotatable bonds is 2. The van der Waals surface area contributed by atoms with Gasteiger partial charge >= 0.3 is 6.09 Å². The van der Waals surface area contributed by atoms with Crippen LogP contribution in [0.5, 0.6) is 0 Å². The van der Waals surface area contributed by atoms with Crippen molar-refractivity contribution in [2.24, 2.45) is 0 Å². The Morgan fingerprint density at radius 1 is 1.43 bits per heavy atom. The van der Waals surface area contributed by atoms with Crippen LogP contribution < -0.4 is 5.32 Å². The molecule has 0 saturated heterocycles. The van der Waals surface area contributed by atoms with Gasteiger partial charge in [-0.2, -0.15) is 0 Å². The van der Waals surface area contributed by atoms with Crippen LogP contribution in [0.15, 0.2) is 24.5 Å². The van der Waals surface area contributed by atoms with E-state index in [1.54, 1.807) is 12.4 Å². The molecule has 1 heterocycles. The number of nitrogens with zero attached hydrogens (tertiary/aromatic N) is 1. The molecule has 1 fully saturated rings. The number of pyridine rings is 1. The first-order chi connectivity index (χ1) is 9.78. The number of nitrogens with one attached hydrogen (secondary N) is 1. The van der Waals surface area contributed by atoms with E-state index in [1.165, 1.54) is 0 Å². The minimum atomic E-state index is -0.833. The quantitative estimate of drug-likeness (QED) is 0.879. The van der Waals surface area contributed by atoms with E-state index >= 15 is 0 Å². The molecule has 5 nitrogen and oxygen atoms in total. The van der Waals surface area contributed by atoms with Crippen molar-refractivity contribution in [2.45, 2.75) is 63.7 Å². The second-order valence-corrected chi connectivity index (χ2v) is 6.69. The van der Waals surface area contributed by atoms with Gasteiger partial charge in [0.05, 0.1) is 5.60 Å². The average molecular weight is 292 g/mol. The number of amides is 1. The van der Waals surface area contributed by atoms with Crippen LogP contribution in [0.2, 0.25) is 0 Å². The molecule has 116 valence electrons. The smallest absolute Gasteiger partial charge is 0.407 e. The fraction of sp³-hybridized carbons (Fsp3) is 0.625. The van der Waals surface area contributed by atoms with Crippen molar-refractivity contribution >= 4 is 6.09 Å². The summed E-state index contributed by atoms with van der Waals surface area (Å²) in [6.07, 6.45) is 5.69. The lowest BCUT2D eigenvalue weighted by atomic mass is 9.78.